The number of terminal acetylenes is 2. The van der Waals surface area contributed by atoms with Gasteiger partial charge >= 0.3 is 6.09 Å². The number of anilines is 6. The molecule has 0 unspecified atom stereocenters. The second-order valence-corrected chi connectivity index (χ2v) is 12.7. The fraction of sp³-hybridized carbons (Fsp3) is 0.140. The Morgan fingerprint density at radius 1 is 0.600 bits per heavy atom. The molecule has 12 heteroatoms. The highest BCUT2D eigenvalue weighted by atomic mass is 16.6. The normalized spacial score (nSPS) is 10.5. The van der Waals surface area contributed by atoms with E-state index >= 15 is 0 Å². The zero-order valence-electron chi connectivity index (χ0n) is 31.1. The van der Waals surface area contributed by atoms with Crippen LogP contribution in [0.15, 0.2) is 97.1 Å². The fourth-order valence-corrected chi connectivity index (χ4v) is 4.47. The maximum absolute atomic E-state index is 12.4. The first-order valence-corrected chi connectivity index (χ1v) is 16.7. The maximum Gasteiger partial charge on any atom is 0.412 e. The fourth-order valence-electron chi connectivity index (χ4n) is 4.47. The van der Waals surface area contributed by atoms with Crippen molar-refractivity contribution in [1.82, 2.24) is 0 Å². The van der Waals surface area contributed by atoms with Crippen LogP contribution in [0, 0.1) is 24.7 Å². The van der Waals surface area contributed by atoms with Gasteiger partial charge in [-0.1, -0.05) is 36.1 Å². The average molecular weight is 739 g/mol. The van der Waals surface area contributed by atoms with Crippen LogP contribution in [-0.4, -0.2) is 35.3 Å². The van der Waals surface area contributed by atoms with Crippen molar-refractivity contribution in [2.24, 2.45) is 0 Å². The van der Waals surface area contributed by atoms with Gasteiger partial charge in [-0.3, -0.25) is 24.5 Å². The lowest BCUT2D eigenvalue weighted by molar-refractivity contribution is -0.115. The van der Waals surface area contributed by atoms with Crippen molar-refractivity contribution in [3.8, 4) is 24.7 Å². The largest absolute Gasteiger partial charge is 0.444 e. The number of amides is 5. The molecule has 0 heterocycles. The van der Waals surface area contributed by atoms with E-state index in [2.05, 4.69) is 38.4 Å². The van der Waals surface area contributed by atoms with Crippen molar-refractivity contribution in [2.75, 3.05) is 32.3 Å². The zero-order valence-corrected chi connectivity index (χ0v) is 31.1. The Kier molecular flexibility index (Phi) is 15.1. The smallest absolute Gasteiger partial charge is 0.412 e. The lowest BCUT2D eigenvalue weighted by Gasteiger charge is -2.20. The summed E-state index contributed by atoms with van der Waals surface area (Å²) < 4.78 is 5.25. The van der Waals surface area contributed by atoms with Gasteiger partial charge in [0.05, 0.1) is 22.7 Å². The van der Waals surface area contributed by atoms with Crippen LogP contribution in [-0.2, 0) is 23.9 Å². The molecular formula is C43H42N6O6. The van der Waals surface area contributed by atoms with Crippen molar-refractivity contribution >= 4 is 76.0 Å². The number of nitrogen functional groups attached to an aromatic ring is 1. The number of benzene rings is 4. The Balaban J connectivity index is 0.000000305. The number of nitrogens with one attached hydrogen (secondary N) is 5. The first-order valence-electron chi connectivity index (χ1n) is 16.7. The molecule has 0 aliphatic heterocycles. The monoisotopic (exact) mass is 738 g/mol. The summed E-state index contributed by atoms with van der Waals surface area (Å²) in [5.41, 5.74) is 10.9. The predicted octanol–water partition coefficient (Wildman–Crippen LogP) is 7.49. The van der Waals surface area contributed by atoms with Crippen LogP contribution in [0.1, 0.15) is 56.9 Å². The highest BCUT2D eigenvalue weighted by Crippen LogP contribution is 2.25. The second kappa shape index (κ2) is 19.9. The van der Waals surface area contributed by atoms with Gasteiger partial charge in [0, 0.05) is 48.5 Å². The predicted molar refractivity (Wildman–Crippen MR) is 220 cm³/mol. The second-order valence-electron chi connectivity index (χ2n) is 12.7. The van der Waals surface area contributed by atoms with Crippen LogP contribution >= 0.6 is 0 Å². The summed E-state index contributed by atoms with van der Waals surface area (Å²) in [7, 11) is 0. The third-order valence-corrected chi connectivity index (χ3v) is 6.87. The third-order valence-electron chi connectivity index (χ3n) is 6.87. The number of hydrogen-bond acceptors (Lipinski definition) is 7. The first-order chi connectivity index (χ1) is 26.0. The molecule has 0 bridgehead atoms. The lowest BCUT2D eigenvalue weighted by atomic mass is 10.1. The Morgan fingerprint density at radius 2 is 1.04 bits per heavy atom. The summed E-state index contributed by atoms with van der Waals surface area (Å²) in [6, 6.07) is 23.9. The maximum atomic E-state index is 12.4. The molecule has 0 aromatic heterocycles. The Bertz CT molecular complexity index is 2190. The van der Waals surface area contributed by atoms with Crippen LogP contribution in [0.3, 0.4) is 0 Å². The summed E-state index contributed by atoms with van der Waals surface area (Å²) in [5, 5.41) is 13.4. The minimum Gasteiger partial charge on any atom is -0.444 e. The van der Waals surface area contributed by atoms with Gasteiger partial charge < -0.3 is 31.7 Å². The van der Waals surface area contributed by atoms with Crippen LogP contribution in [0.25, 0.3) is 12.2 Å². The Labute approximate surface area is 320 Å². The van der Waals surface area contributed by atoms with Gasteiger partial charge in [-0.25, -0.2) is 4.79 Å². The van der Waals surface area contributed by atoms with Crippen molar-refractivity contribution in [1.29, 1.82) is 0 Å². The van der Waals surface area contributed by atoms with Gasteiger partial charge in [-0.05, 0) is 105 Å². The molecule has 280 valence electrons. The van der Waals surface area contributed by atoms with E-state index in [0.29, 0.717) is 45.3 Å². The van der Waals surface area contributed by atoms with Gasteiger partial charge in [-0.15, -0.1) is 12.8 Å². The molecule has 4 rings (SSSR count). The van der Waals surface area contributed by atoms with E-state index in [0.717, 1.165) is 11.1 Å². The SMILES string of the molecule is C#Cc1ccc(N)c(NC(=O)/C=C/c2ccc(NC(C)=O)cc2)c1.C#Cc1ccc(NC(=O)OC(C)(C)C)c(NC(=O)/C=C/c2ccc(NC(C)=O)cc2)c1. The molecule has 0 saturated heterocycles. The highest BCUT2D eigenvalue weighted by molar-refractivity contribution is 6.05. The molecule has 0 atom stereocenters. The van der Waals surface area contributed by atoms with E-state index in [1.54, 1.807) is 118 Å². The lowest BCUT2D eigenvalue weighted by Crippen LogP contribution is -2.27. The van der Waals surface area contributed by atoms with Gasteiger partial charge in [0.1, 0.15) is 5.60 Å². The van der Waals surface area contributed by atoms with Crippen LogP contribution in [0.2, 0.25) is 0 Å². The van der Waals surface area contributed by atoms with Gasteiger partial charge in [-0.2, -0.15) is 0 Å². The standard InChI is InChI=1S/C24H25N3O4.C19H17N3O2/c1-6-17-9-13-20(27-23(30)31-24(3,4)5)21(15-17)26-22(29)14-10-18-7-11-19(12-8-18)25-16(2)28;1-3-14-6-10-17(20)18(12-14)22-19(24)11-7-15-4-8-16(9-5-15)21-13(2)23/h1,7-15H,2-5H3,(H,25,28)(H,26,29)(H,27,30);1,4-12H,20H2,2H3,(H,21,23)(H,22,24)/b14-10+;11-7+. The molecule has 0 spiro atoms. The van der Waals surface area contributed by atoms with E-state index in [1.165, 1.54) is 26.0 Å². The molecule has 5 amide bonds. The van der Waals surface area contributed by atoms with Crippen molar-refractivity contribution < 1.29 is 28.7 Å². The van der Waals surface area contributed by atoms with Gasteiger partial charge in [0.25, 0.3) is 0 Å². The average Bonchev–Trinajstić information content (AvgIpc) is 3.11. The quantitative estimate of drug-likeness (QED) is 0.0585. The minimum atomic E-state index is -0.662. The Hall–Kier alpha value is -7.57. The number of rotatable bonds is 9. The van der Waals surface area contributed by atoms with Crippen LogP contribution in [0.4, 0.5) is 38.9 Å². The molecule has 4 aromatic rings. The third kappa shape index (κ3) is 15.3. The molecular weight excluding hydrogens is 697 g/mol. The summed E-state index contributed by atoms with van der Waals surface area (Å²) in [5.74, 6) is 3.96. The molecule has 0 aliphatic rings. The van der Waals surface area contributed by atoms with E-state index in [9.17, 15) is 24.0 Å². The van der Waals surface area contributed by atoms with E-state index < -0.39 is 17.6 Å². The zero-order chi connectivity index (χ0) is 40.5. The summed E-state index contributed by atoms with van der Waals surface area (Å²) >= 11 is 0. The minimum absolute atomic E-state index is 0.135. The van der Waals surface area contributed by atoms with Gasteiger partial charge in [0.15, 0.2) is 0 Å². The van der Waals surface area contributed by atoms with Crippen molar-refractivity contribution in [2.45, 2.75) is 40.2 Å². The van der Waals surface area contributed by atoms with E-state index in [4.69, 9.17) is 23.3 Å². The molecule has 7 N–H and O–H groups in total. The number of carbonyl (C=O) groups is 5. The summed E-state index contributed by atoms with van der Waals surface area (Å²) in [4.78, 5) is 58.5. The molecule has 4 aromatic carbocycles. The van der Waals surface area contributed by atoms with Crippen LogP contribution in [0.5, 0.6) is 0 Å². The van der Waals surface area contributed by atoms with E-state index in [1.807, 2.05) is 0 Å². The van der Waals surface area contributed by atoms with E-state index in [-0.39, 0.29) is 17.7 Å². The highest BCUT2D eigenvalue weighted by Gasteiger charge is 2.18. The molecule has 0 radical (unpaired) electrons. The number of hydrogen-bond donors (Lipinski definition) is 6. The number of carbonyl (C=O) groups excluding carboxylic acids is 5. The number of nitrogens with two attached hydrogens (primary N) is 1. The Morgan fingerprint density at radius 3 is 1.47 bits per heavy atom. The molecule has 55 heavy (non-hydrogen) atoms. The topological polar surface area (TPSA) is 181 Å². The van der Waals surface area contributed by atoms with Crippen molar-refractivity contribution in [3.05, 3.63) is 119 Å². The van der Waals surface area contributed by atoms with Gasteiger partial charge in [0.2, 0.25) is 23.6 Å². The summed E-state index contributed by atoms with van der Waals surface area (Å²) in [6.45, 7) is 8.14. The van der Waals surface area contributed by atoms with Crippen LogP contribution < -0.4 is 32.3 Å². The first kappa shape index (κ1) is 41.8. The molecule has 0 saturated carbocycles. The summed E-state index contributed by atoms with van der Waals surface area (Å²) in [6.07, 6.45) is 16.2. The van der Waals surface area contributed by atoms with Crippen molar-refractivity contribution in [3.63, 3.8) is 0 Å². The number of ether oxygens (including phenoxy) is 1. The molecule has 0 aliphatic carbocycles. The molecule has 0 fully saturated rings. The molecule has 12 nitrogen and oxygen atoms in total.